The summed E-state index contributed by atoms with van der Waals surface area (Å²) in [7, 11) is 0. The van der Waals surface area contributed by atoms with E-state index in [1.165, 1.54) is 61.8 Å². The van der Waals surface area contributed by atoms with Gasteiger partial charge in [0, 0.05) is 4.88 Å². The number of carbonyl (C=O) groups is 1. The summed E-state index contributed by atoms with van der Waals surface area (Å²) < 4.78 is 0. The van der Waals surface area contributed by atoms with E-state index in [0.29, 0.717) is 0 Å². The zero-order chi connectivity index (χ0) is 13.7. The fraction of sp³-hybridized carbons (Fsp3) is 0.688. The molecule has 0 spiro atoms. The molecule has 0 unspecified atom stereocenters. The number of nitrogen functional groups attached to an aromatic ring is 1. The van der Waals surface area contributed by atoms with Crippen LogP contribution in [0.1, 0.15) is 79.1 Å². The number of thiophene rings is 1. The van der Waals surface area contributed by atoms with Crippen LogP contribution >= 0.6 is 11.3 Å². The first-order valence-corrected chi connectivity index (χ1v) is 8.42. The van der Waals surface area contributed by atoms with Gasteiger partial charge < -0.3 is 5.73 Å². The minimum Gasteiger partial charge on any atom is -0.390 e. The molecule has 0 saturated heterocycles. The Kier molecular flexibility index (Phi) is 5.44. The zero-order valence-corrected chi connectivity index (χ0v) is 12.8. The summed E-state index contributed by atoms with van der Waals surface area (Å²) >= 11 is 1.65. The normalized spacial score (nSPS) is 18.2. The number of hydrogen-bond donors (Lipinski definition) is 1. The van der Waals surface area contributed by atoms with Crippen molar-refractivity contribution in [3.63, 3.8) is 0 Å². The maximum Gasteiger partial charge on any atom is 0.163 e. The summed E-state index contributed by atoms with van der Waals surface area (Å²) in [6.45, 7) is 1.65. The number of fused-ring (bicyclic) bond motifs is 1. The van der Waals surface area contributed by atoms with Crippen LogP contribution in [0.3, 0.4) is 0 Å². The van der Waals surface area contributed by atoms with Crippen LogP contribution < -0.4 is 5.73 Å². The van der Waals surface area contributed by atoms with Crippen molar-refractivity contribution >= 4 is 22.1 Å². The largest absolute Gasteiger partial charge is 0.390 e. The molecule has 1 aromatic rings. The van der Waals surface area contributed by atoms with E-state index in [-0.39, 0.29) is 5.78 Å². The highest BCUT2D eigenvalue weighted by molar-refractivity contribution is 7.16. The number of nitrogens with two attached hydrogens (primary N) is 1. The van der Waals surface area contributed by atoms with Gasteiger partial charge in [-0.05, 0) is 38.2 Å². The number of hydrogen-bond acceptors (Lipinski definition) is 3. The Morgan fingerprint density at radius 1 is 0.947 bits per heavy atom. The topological polar surface area (TPSA) is 43.1 Å². The van der Waals surface area contributed by atoms with Crippen LogP contribution in [0.25, 0.3) is 0 Å². The molecular weight excluding hydrogens is 254 g/mol. The number of rotatable bonds is 1. The third-order valence-electron chi connectivity index (χ3n) is 4.05. The number of carbonyl (C=O) groups excluding carboxylic acids is 1. The van der Waals surface area contributed by atoms with Gasteiger partial charge in [-0.2, -0.15) is 0 Å². The second-order valence-electron chi connectivity index (χ2n) is 5.63. The monoisotopic (exact) mass is 279 g/mol. The molecule has 1 aromatic heterocycles. The molecular formula is C16H25NOS. The van der Waals surface area contributed by atoms with Crippen molar-refractivity contribution in [1.29, 1.82) is 0 Å². The lowest BCUT2D eigenvalue weighted by molar-refractivity contribution is 0.101. The highest BCUT2D eigenvalue weighted by Gasteiger charge is 2.19. The van der Waals surface area contributed by atoms with Gasteiger partial charge in [0.25, 0.3) is 0 Å². The van der Waals surface area contributed by atoms with Crippen molar-refractivity contribution in [2.24, 2.45) is 0 Å². The molecule has 0 radical (unpaired) electrons. The molecule has 3 heteroatoms. The second-order valence-corrected chi connectivity index (χ2v) is 6.76. The maximum absolute atomic E-state index is 11.8. The first kappa shape index (κ1) is 14.6. The van der Waals surface area contributed by atoms with Crippen molar-refractivity contribution < 1.29 is 4.79 Å². The molecule has 0 atom stereocenters. The first-order chi connectivity index (χ1) is 9.20. The molecule has 0 aliphatic heterocycles. The third kappa shape index (κ3) is 3.82. The quantitative estimate of drug-likeness (QED) is 0.754. The molecule has 106 valence electrons. The molecule has 0 bridgehead atoms. The van der Waals surface area contributed by atoms with Crippen LogP contribution in [0.5, 0.6) is 0 Å². The van der Waals surface area contributed by atoms with Crippen molar-refractivity contribution in [3.05, 3.63) is 16.0 Å². The van der Waals surface area contributed by atoms with Gasteiger partial charge in [-0.1, -0.05) is 38.5 Å². The van der Waals surface area contributed by atoms with E-state index in [0.717, 1.165) is 23.4 Å². The molecule has 2 nitrogen and oxygen atoms in total. The lowest BCUT2D eigenvalue weighted by Gasteiger charge is -2.09. The second kappa shape index (κ2) is 7.09. The highest BCUT2D eigenvalue weighted by atomic mass is 32.1. The van der Waals surface area contributed by atoms with Gasteiger partial charge in [0.2, 0.25) is 0 Å². The smallest absolute Gasteiger partial charge is 0.163 e. The fourth-order valence-corrected chi connectivity index (χ4v) is 4.24. The van der Waals surface area contributed by atoms with Gasteiger partial charge in [0.1, 0.15) is 0 Å². The van der Waals surface area contributed by atoms with Gasteiger partial charge in [-0.25, -0.2) is 0 Å². The Hall–Kier alpha value is -0.830. The fourth-order valence-electron chi connectivity index (χ4n) is 3.03. The van der Waals surface area contributed by atoms with Gasteiger partial charge in [0.05, 0.1) is 10.6 Å². The van der Waals surface area contributed by atoms with E-state index < -0.39 is 0 Å². The van der Waals surface area contributed by atoms with Crippen LogP contribution in [-0.2, 0) is 12.8 Å². The summed E-state index contributed by atoms with van der Waals surface area (Å²) in [4.78, 5) is 13.2. The van der Waals surface area contributed by atoms with Gasteiger partial charge in [-0.3, -0.25) is 4.79 Å². The highest BCUT2D eigenvalue weighted by Crippen LogP contribution is 2.34. The van der Waals surface area contributed by atoms with Crippen molar-refractivity contribution in [2.45, 2.75) is 71.1 Å². The van der Waals surface area contributed by atoms with Crippen LogP contribution in [0, 0.1) is 0 Å². The molecule has 1 aliphatic rings. The third-order valence-corrected chi connectivity index (χ3v) is 5.17. The maximum atomic E-state index is 11.8. The first-order valence-electron chi connectivity index (χ1n) is 7.61. The van der Waals surface area contributed by atoms with Gasteiger partial charge in [-0.15, -0.1) is 11.3 Å². The Labute approximate surface area is 120 Å². The zero-order valence-electron chi connectivity index (χ0n) is 12.0. The number of anilines is 1. The molecule has 2 rings (SSSR count). The van der Waals surface area contributed by atoms with E-state index in [2.05, 4.69) is 0 Å². The van der Waals surface area contributed by atoms with E-state index in [4.69, 9.17) is 5.73 Å². The molecule has 19 heavy (non-hydrogen) atoms. The summed E-state index contributed by atoms with van der Waals surface area (Å²) in [5, 5.41) is 0.743. The van der Waals surface area contributed by atoms with Crippen LogP contribution in [0.2, 0.25) is 0 Å². The van der Waals surface area contributed by atoms with Crippen LogP contribution in [0.15, 0.2) is 0 Å². The minimum atomic E-state index is 0.141. The van der Waals surface area contributed by atoms with Gasteiger partial charge in [0.15, 0.2) is 5.78 Å². The number of aryl methyl sites for hydroxylation is 1. The lowest BCUT2D eigenvalue weighted by atomic mass is 9.96. The summed E-state index contributed by atoms with van der Waals surface area (Å²) in [5.74, 6) is 0.141. The Morgan fingerprint density at radius 3 is 2.05 bits per heavy atom. The molecule has 0 saturated carbocycles. The van der Waals surface area contributed by atoms with E-state index in [1.54, 1.807) is 18.3 Å². The van der Waals surface area contributed by atoms with Crippen LogP contribution in [0.4, 0.5) is 5.00 Å². The SMILES string of the molecule is CC(=O)c1c(N)sc2c1CCCCCCCCCC2. The Bertz CT molecular complexity index is 436. The molecule has 1 aliphatic carbocycles. The predicted octanol–water partition coefficient (Wildman–Crippen LogP) is 4.75. The molecule has 0 aromatic carbocycles. The number of ketones is 1. The van der Waals surface area contributed by atoms with Crippen molar-refractivity contribution in [2.75, 3.05) is 5.73 Å². The average Bonchev–Trinajstić information content (AvgIpc) is 2.65. The van der Waals surface area contributed by atoms with Crippen molar-refractivity contribution in [1.82, 2.24) is 0 Å². The van der Waals surface area contributed by atoms with Crippen LogP contribution in [-0.4, -0.2) is 5.78 Å². The Balaban J connectivity index is 2.20. The molecule has 2 N–H and O–H groups in total. The molecule has 1 heterocycles. The predicted molar refractivity (Wildman–Crippen MR) is 83.1 cm³/mol. The van der Waals surface area contributed by atoms with E-state index in [1.807, 2.05) is 0 Å². The Morgan fingerprint density at radius 2 is 1.47 bits per heavy atom. The molecule has 0 amide bonds. The average molecular weight is 279 g/mol. The van der Waals surface area contributed by atoms with Gasteiger partial charge >= 0.3 is 0 Å². The minimum absolute atomic E-state index is 0.141. The van der Waals surface area contributed by atoms with E-state index in [9.17, 15) is 4.79 Å². The summed E-state index contributed by atoms with van der Waals surface area (Å²) in [6, 6.07) is 0. The van der Waals surface area contributed by atoms with Crippen molar-refractivity contribution in [3.8, 4) is 0 Å². The van der Waals surface area contributed by atoms with E-state index >= 15 is 0 Å². The summed E-state index contributed by atoms with van der Waals surface area (Å²) in [6.07, 6.45) is 12.6. The lowest BCUT2D eigenvalue weighted by Crippen LogP contribution is -2.02. The standard InChI is InChI=1S/C16H25NOS/c1-12(18)15-13-10-8-6-4-2-3-5-7-9-11-14(13)19-16(15)17/h2-11,17H2,1H3. The molecule has 0 fully saturated rings. The summed E-state index contributed by atoms with van der Waals surface area (Å²) in [5.41, 5.74) is 8.17. The number of Topliss-reactive ketones (excluding diaryl/α,β-unsaturated/α-hetero) is 1.